The van der Waals surface area contributed by atoms with Crippen LogP contribution in [0.2, 0.25) is 0 Å². The fourth-order valence-electron chi connectivity index (χ4n) is 2.24. The molecule has 1 heterocycles. The number of alkyl halides is 3. The van der Waals surface area contributed by atoms with Crippen molar-refractivity contribution in [3.8, 4) is 5.75 Å². The molecule has 4 nitrogen and oxygen atoms in total. The van der Waals surface area contributed by atoms with Gasteiger partial charge in [0.15, 0.2) is 0 Å². The van der Waals surface area contributed by atoms with Crippen molar-refractivity contribution in [1.82, 2.24) is 4.90 Å². The highest BCUT2D eigenvalue weighted by Gasteiger charge is 2.31. The highest BCUT2D eigenvalue weighted by molar-refractivity contribution is 5.27. The van der Waals surface area contributed by atoms with E-state index in [-0.39, 0.29) is 24.5 Å². The van der Waals surface area contributed by atoms with Gasteiger partial charge in [-0.25, -0.2) is 0 Å². The topological polar surface area (TPSA) is 41.9 Å². The van der Waals surface area contributed by atoms with Gasteiger partial charge in [-0.1, -0.05) is 12.1 Å². The summed E-state index contributed by atoms with van der Waals surface area (Å²) in [5, 5.41) is 9.13. The average molecular weight is 305 g/mol. The SMILES string of the molecule is CC1COC(CO)CN1Cc1ccc(OC(F)(F)F)cc1. The van der Waals surface area contributed by atoms with Crippen LogP contribution in [-0.4, -0.2) is 48.3 Å². The number of hydrogen-bond donors (Lipinski definition) is 1. The Morgan fingerprint density at radius 2 is 2.00 bits per heavy atom. The van der Waals surface area contributed by atoms with E-state index in [1.807, 2.05) is 6.92 Å². The van der Waals surface area contributed by atoms with Gasteiger partial charge in [0.2, 0.25) is 0 Å². The van der Waals surface area contributed by atoms with E-state index in [2.05, 4.69) is 9.64 Å². The number of halogens is 3. The third kappa shape index (κ3) is 4.87. The Kier molecular flexibility index (Phi) is 5.08. The van der Waals surface area contributed by atoms with Gasteiger partial charge in [-0.05, 0) is 24.6 Å². The molecule has 2 unspecified atom stereocenters. The molecule has 1 aromatic carbocycles. The van der Waals surface area contributed by atoms with Crippen LogP contribution in [0.4, 0.5) is 13.2 Å². The van der Waals surface area contributed by atoms with Crippen LogP contribution >= 0.6 is 0 Å². The first-order chi connectivity index (χ1) is 9.87. The van der Waals surface area contributed by atoms with Crippen LogP contribution in [0.1, 0.15) is 12.5 Å². The highest BCUT2D eigenvalue weighted by Crippen LogP contribution is 2.23. The fourth-order valence-corrected chi connectivity index (χ4v) is 2.24. The smallest absolute Gasteiger partial charge is 0.406 e. The van der Waals surface area contributed by atoms with Crippen LogP contribution in [0.3, 0.4) is 0 Å². The average Bonchev–Trinajstić information content (AvgIpc) is 2.42. The Labute approximate surface area is 121 Å². The number of aliphatic hydroxyl groups excluding tert-OH is 1. The zero-order valence-corrected chi connectivity index (χ0v) is 11.6. The summed E-state index contributed by atoms with van der Waals surface area (Å²) < 4.78 is 45.5. The van der Waals surface area contributed by atoms with E-state index in [9.17, 15) is 13.2 Å². The molecule has 1 N–H and O–H groups in total. The highest BCUT2D eigenvalue weighted by atomic mass is 19.4. The van der Waals surface area contributed by atoms with Gasteiger partial charge in [-0.2, -0.15) is 0 Å². The predicted octanol–water partition coefficient (Wildman–Crippen LogP) is 2.17. The lowest BCUT2D eigenvalue weighted by Gasteiger charge is -2.37. The molecule has 0 aliphatic carbocycles. The minimum absolute atomic E-state index is 0.0401. The second-order valence-corrected chi connectivity index (χ2v) is 5.11. The van der Waals surface area contributed by atoms with Crippen LogP contribution in [0.15, 0.2) is 24.3 Å². The maximum absolute atomic E-state index is 12.1. The molecule has 0 amide bonds. The number of benzene rings is 1. The minimum atomic E-state index is -4.67. The summed E-state index contributed by atoms with van der Waals surface area (Å²) >= 11 is 0. The number of aliphatic hydroxyl groups is 1. The van der Waals surface area contributed by atoms with E-state index >= 15 is 0 Å². The van der Waals surface area contributed by atoms with Gasteiger partial charge in [0, 0.05) is 19.1 Å². The molecule has 2 atom stereocenters. The van der Waals surface area contributed by atoms with Gasteiger partial charge >= 0.3 is 6.36 Å². The van der Waals surface area contributed by atoms with E-state index in [4.69, 9.17) is 9.84 Å². The predicted molar refractivity (Wildman–Crippen MR) is 69.8 cm³/mol. The van der Waals surface area contributed by atoms with Gasteiger partial charge in [0.1, 0.15) is 5.75 Å². The lowest BCUT2D eigenvalue weighted by Crippen LogP contribution is -2.48. The molecule has 7 heteroatoms. The summed E-state index contributed by atoms with van der Waals surface area (Å²) in [6.45, 7) is 3.68. The van der Waals surface area contributed by atoms with Crippen LogP contribution in [0.5, 0.6) is 5.75 Å². The zero-order chi connectivity index (χ0) is 15.5. The number of rotatable bonds is 4. The summed E-state index contributed by atoms with van der Waals surface area (Å²) in [5.74, 6) is -0.227. The third-order valence-electron chi connectivity index (χ3n) is 3.38. The molecule has 0 spiro atoms. The largest absolute Gasteiger partial charge is 0.573 e. The number of ether oxygens (including phenoxy) is 2. The summed E-state index contributed by atoms with van der Waals surface area (Å²) in [5.41, 5.74) is 0.884. The molecule has 2 rings (SSSR count). The maximum atomic E-state index is 12.1. The summed E-state index contributed by atoms with van der Waals surface area (Å²) in [4.78, 5) is 2.13. The molecule has 0 bridgehead atoms. The van der Waals surface area contributed by atoms with E-state index in [0.29, 0.717) is 19.7 Å². The van der Waals surface area contributed by atoms with Crippen LogP contribution in [0, 0.1) is 0 Å². The van der Waals surface area contributed by atoms with E-state index in [0.717, 1.165) is 5.56 Å². The first-order valence-corrected chi connectivity index (χ1v) is 6.68. The molecule has 1 aliphatic heterocycles. The molecular formula is C14H18F3NO3. The Morgan fingerprint density at radius 3 is 2.57 bits per heavy atom. The lowest BCUT2D eigenvalue weighted by molar-refractivity contribution is -0.274. The first kappa shape index (κ1) is 16.1. The van der Waals surface area contributed by atoms with Crippen molar-refractivity contribution in [2.75, 3.05) is 19.8 Å². The normalized spacial score (nSPS) is 24.0. The standard InChI is InChI=1S/C14H18F3NO3/c1-10-9-20-13(8-19)7-18(10)6-11-2-4-12(5-3-11)21-14(15,16)17/h2-5,10,13,19H,6-9H2,1H3. The van der Waals surface area contributed by atoms with Crippen molar-refractivity contribution in [3.63, 3.8) is 0 Å². The Bertz CT molecular complexity index is 450. The molecule has 1 aliphatic rings. The monoisotopic (exact) mass is 305 g/mol. The fraction of sp³-hybridized carbons (Fsp3) is 0.571. The molecule has 21 heavy (non-hydrogen) atoms. The number of hydrogen-bond acceptors (Lipinski definition) is 4. The summed E-state index contributed by atoms with van der Waals surface area (Å²) in [7, 11) is 0. The Hall–Kier alpha value is -1.31. The molecule has 1 aromatic rings. The molecule has 0 saturated carbocycles. The van der Waals surface area contributed by atoms with Crippen molar-refractivity contribution in [2.45, 2.75) is 32.0 Å². The summed E-state index contributed by atoms with van der Waals surface area (Å²) in [6.07, 6.45) is -4.89. The van der Waals surface area contributed by atoms with Gasteiger partial charge in [0.05, 0.1) is 19.3 Å². The Morgan fingerprint density at radius 1 is 1.33 bits per heavy atom. The first-order valence-electron chi connectivity index (χ1n) is 6.68. The van der Waals surface area contributed by atoms with Gasteiger partial charge in [-0.3, -0.25) is 4.90 Å². The van der Waals surface area contributed by atoms with Crippen molar-refractivity contribution < 1.29 is 27.8 Å². The van der Waals surface area contributed by atoms with Gasteiger partial charge in [0.25, 0.3) is 0 Å². The van der Waals surface area contributed by atoms with Crippen LogP contribution in [0.25, 0.3) is 0 Å². The quantitative estimate of drug-likeness (QED) is 0.926. The molecule has 0 aromatic heterocycles. The van der Waals surface area contributed by atoms with Gasteiger partial charge in [-0.15, -0.1) is 13.2 Å². The Balaban J connectivity index is 1.96. The van der Waals surface area contributed by atoms with E-state index < -0.39 is 6.36 Å². The van der Waals surface area contributed by atoms with Gasteiger partial charge < -0.3 is 14.6 Å². The number of morpholine rings is 1. The van der Waals surface area contributed by atoms with Crippen molar-refractivity contribution in [1.29, 1.82) is 0 Å². The van der Waals surface area contributed by atoms with E-state index in [1.54, 1.807) is 12.1 Å². The van der Waals surface area contributed by atoms with E-state index in [1.165, 1.54) is 12.1 Å². The second-order valence-electron chi connectivity index (χ2n) is 5.11. The maximum Gasteiger partial charge on any atom is 0.573 e. The molecule has 0 radical (unpaired) electrons. The van der Waals surface area contributed by atoms with Crippen LogP contribution in [-0.2, 0) is 11.3 Å². The lowest BCUT2D eigenvalue weighted by atomic mass is 10.1. The third-order valence-corrected chi connectivity index (χ3v) is 3.38. The summed E-state index contributed by atoms with van der Waals surface area (Å²) in [6, 6.07) is 6.02. The molecule has 1 saturated heterocycles. The van der Waals surface area contributed by atoms with Crippen molar-refractivity contribution in [2.24, 2.45) is 0 Å². The van der Waals surface area contributed by atoms with Crippen molar-refractivity contribution in [3.05, 3.63) is 29.8 Å². The van der Waals surface area contributed by atoms with Crippen LogP contribution < -0.4 is 4.74 Å². The zero-order valence-electron chi connectivity index (χ0n) is 11.6. The second kappa shape index (κ2) is 6.64. The van der Waals surface area contributed by atoms with Crippen molar-refractivity contribution >= 4 is 0 Å². The molecule has 1 fully saturated rings. The minimum Gasteiger partial charge on any atom is -0.406 e. The molecular weight excluding hydrogens is 287 g/mol. The molecule has 118 valence electrons. The number of nitrogens with zero attached hydrogens (tertiary/aromatic N) is 1.